The van der Waals surface area contributed by atoms with E-state index in [1.165, 1.54) is 35.9 Å². The highest BCUT2D eigenvalue weighted by Gasteiger charge is 2.30. The van der Waals surface area contributed by atoms with Crippen LogP contribution in [0, 0.1) is 5.82 Å². The first-order chi connectivity index (χ1) is 15.0. The number of hydrogen-bond donors (Lipinski definition) is 1. The van der Waals surface area contributed by atoms with E-state index >= 15 is 0 Å². The summed E-state index contributed by atoms with van der Waals surface area (Å²) < 4.78 is 42.0. The van der Waals surface area contributed by atoms with Gasteiger partial charge in [-0.3, -0.25) is 9.10 Å². The lowest BCUT2D eigenvalue weighted by atomic mass is 9.88. The number of amides is 1. The molecular weight excluding hydrogens is 415 g/mol. The molecule has 3 aromatic carbocycles. The highest BCUT2D eigenvalue weighted by atomic mass is 32.2. The normalized spacial score (nSPS) is 15.7. The highest BCUT2D eigenvalue weighted by Crippen LogP contribution is 2.30. The lowest BCUT2D eigenvalue weighted by Gasteiger charge is -2.29. The average Bonchev–Trinajstić information content (AvgIpc) is 2.79. The fourth-order valence-electron chi connectivity index (χ4n) is 3.95. The number of para-hydroxylation sites is 1. The molecule has 5 nitrogen and oxygen atoms in total. The Morgan fingerprint density at radius 2 is 1.65 bits per heavy atom. The maximum atomic E-state index is 14.6. The third-order valence-electron chi connectivity index (χ3n) is 5.44. The minimum atomic E-state index is -4.14. The summed E-state index contributed by atoms with van der Waals surface area (Å²) in [5.41, 5.74) is 2.07. The van der Waals surface area contributed by atoms with Crippen molar-refractivity contribution in [1.29, 1.82) is 0 Å². The van der Waals surface area contributed by atoms with E-state index in [0.717, 1.165) is 29.1 Å². The molecule has 1 aliphatic carbocycles. The van der Waals surface area contributed by atoms with E-state index in [2.05, 4.69) is 5.32 Å². The molecule has 0 spiro atoms. The quantitative estimate of drug-likeness (QED) is 0.627. The van der Waals surface area contributed by atoms with Gasteiger partial charge in [0, 0.05) is 0 Å². The number of anilines is 1. The van der Waals surface area contributed by atoms with Crippen molar-refractivity contribution in [2.45, 2.75) is 30.2 Å². The van der Waals surface area contributed by atoms with Crippen LogP contribution in [0.2, 0.25) is 0 Å². The summed E-state index contributed by atoms with van der Waals surface area (Å²) in [4.78, 5) is 12.9. The molecule has 0 aliphatic heterocycles. The van der Waals surface area contributed by atoms with Gasteiger partial charge >= 0.3 is 0 Å². The van der Waals surface area contributed by atoms with Gasteiger partial charge in [-0.25, -0.2) is 12.8 Å². The topological polar surface area (TPSA) is 66.5 Å². The Kier molecular flexibility index (Phi) is 6.04. The molecule has 0 bridgehead atoms. The van der Waals surface area contributed by atoms with Crippen LogP contribution in [0.15, 0.2) is 83.8 Å². The molecule has 31 heavy (non-hydrogen) atoms. The third-order valence-corrected chi connectivity index (χ3v) is 7.22. The SMILES string of the molecule is O=C(CN(c1ccccc1F)S(=O)(=O)c1ccccc1)N[C@H]1CCCc2ccccc21. The zero-order valence-corrected chi connectivity index (χ0v) is 17.7. The number of carbonyl (C=O) groups excluding carboxylic acids is 1. The Labute approximate surface area is 181 Å². The van der Waals surface area contributed by atoms with Crippen LogP contribution in [0.1, 0.15) is 30.0 Å². The van der Waals surface area contributed by atoms with Gasteiger partial charge in [-0.15, -0.1) is 0 Å². The van der Waals surface area contributed by atoms with E-state index in [1.807, 2.05) is 24.3 Å². The number of halogens is 1. The van der Waals surface area contributed by atoms with Crippen LogP contribution < -0.4 is 9.62 Å². The lowest BCUT2D eigenvalue weighted by molar-refractivity contribution is -0.120. The smallest absolute Gasteiger partial charge is 0.264 e. The molecule has 0 saturated carbocycles. The van der Waals surface area contributed by atoms with Crippen molar-refractivity contribution < 1.29 is 17.6 Å². The molecular formula is C24H23FN2O3S. The van der Waals surface area contributed by atoms with Gasteiger partial charge in [0.2, 0.25) is 5.91 Å². The van der Waals surface area contributed by atoms with Crippen molar-refractivity contribution in [3.63, 3.8) is 0 Å². The van der Waals surface area contributed by atoms with Gasteiger partial charge in [-0.1, -0.05) is 54.6 Å². The number of sulfonamides is 1. The van der Waals surface area contributed by atoms with E-state index in [9.17, 15) is 17.6 Å². The van der Waals surface area contributed by atoms with Crippen molar-refractivity contribution in [2.75, 3.05) is 10.8 Å². The largest absolute Gasteiger partial charge is 0.348 e. The average molecular weight is 439 g/mol. The molecule has 1 aliphatic rings. The minimum Gasteiger partial charge on any atom is -0.348 e. The molecule has 4 rings (SSSR count). The molecule has 0 saturated heterocycles. The first kappa shape index (κ1) is 21.1. The van der Waals surface area contributed by atoms with Crippen LogP contribution in [0.25, 0.3) is 0 Å². The first-order valence-electron chi connectivity index (χ1n) is 10.2. The monoisotopic (exact) mass is 438 g/mol. The summed E-state index contributed by atoms with van der Waals surface area (Å²) in [6.45, 7) is -0.517. The molecule has 160 valence electrons. The number of fused-ring (bicyclic) bond motifs is 1. The van der Waals surface area contributed by atoms with Gasteiger partial charge in [0.15, 0.2) is 0 Å². The summed E-state index contributed by atoms with van der Waals surface area (Å²) in [6.07, 6.45) is 2.65. The second-order valence-corrected chi connectivity index (χ2v) is 9.35. The van der Waals surface area contributed by atoms with Crippen LogP contribution in [-0.2, 0) is 21.2 Å². The maximum absolute atomic E-state index is 14.6. The molecule has 0 heterocycles. The van der Waals surface area contributed by atoms with Crippen LogP contribution in [0.3, 0.4) is 0 Å². The van der Waals surface area contributed by atoms with Crippen molar-refractivity contribution >= 4 is 21.6 Å². The first-order valence-corrected chi connectivity index (χ1v) is 11.6. The predicted molar refractivity (Wildman–Crippen MR) is 118 cm³/mol. The van der Waals surface area contributed by atoms with Crippen molar-refractivity contribution in [3.05, 3.63) is 95.8 Å². The Balaban J connectivity index is 1.63. The summed E-state index contributed by atoms with van der Waals surface area (Å²) in [7, 11) is -4.14. The fraction of sp³-hybridized carbons (Fsp3) is 0.208. The number of carbonyl (C=O) groups is 1. The molecule has 0 radical (unpaired) electrons. The summed E-state index contributed by atoms with van der Waals surface area (Å²) in [5.74, 6) is -1.19. The third kappa shape index (κ3) is 4.46. The molecule has 0 fully saturated rings. The molecule has 7 heteroatoms. The van der Waals surface area contributed by atoms with Gasteiger partial charge < -0.3 is 5.32 Å². The van der Waals surface area contributed by atoms with Crippen molar-refractivity contribution in [1.82, 2.24) is 5.32 Å². The van der Waals surface area contributed by atoms with Gasteiger partial charge in [0.05, 0.1) is 16.6 Å². The molecule has 1 N–H and O–H groups in total. The van der Waals surface area contributed by atoms with Crippen LogP contribution >= 0.6 is 0 Å². The number of nitrogens with zero attached hydrogens (tertiary/aromatic N) is 1. The maximum Gasteiger partial charge on any atom is 0.264 e. The van der Waals surface area contributed by atoms with E-state index in [0.29, 0.717) is 0 Å². The van der Waals surface area contributed by atoms with Crippen LogP contribution in [0.4, 0.5) is 10.1 Å². The van der Waals surface area contributed by atoms with Crippen molar-refractivity contribution in [3.8, 4) is 0 Å². The lowest BCUT2D eigenvalue weighted by Crippen LogP contribution is -2.42. The number of benzene rings is 3. The molecule has 0 aromatic heterocycles. The number of rotatable bonds is 6. The van der Waals surface area contributed by atoms with E-state index in [-0.39, 0.29) is 16.6 Å². The predicted octanol–water partition coefficient (Wildman–Crippen LogP) is 4.21. The Hall–Kier alpha value is -3.19. The minimum absolute atomic E-state index is 0.00550. The zero-order valence-electron chi connectivity index (χ0n) is 16.9. The number of hydrogen-bond acceptors (Lipinski definition) is 3. The molecule has 1 amide bonds. The van der Waals surface area contributed by atoms with Gasteiger partial charge in [-0.2, -0.15) is 0 Å². The van der Waals surface area contributed by atoms with Gasteiger partial charge in [-0.05, 0) is 54.7 Å². The molecule has 0 unspecified atom stereocenters. The van der Waals surface area contributed by atoms with E-state index < -0.39 is 28.3 Å². The molecule has 1 atom stereocenters. The highest BCUT2D eigenvalue weighted by molar-refractivity contribution is 7.92. The summed E-state index contributed by atoms with van der Waals surface area (Å²) in [6, 6.07) is 21.0. The summed E-state index contributed by atoms with van der Waals surface area (Å²) >= 11 is 0. The zero-order chi connectivity index (χ0) is 21.8. The van der Waals surface area contributed by atoms with Crippen LogP contribution in [0.5, 0.6) is 0 Å². The Morgan fingerprint density at radius 1 is 0.968 bits per heavy atom. The number of nitrogens with one attached hydrogen (secondary N) is 1. The van der Waals surface area contributed by atoms with Gasteiger partial charge in [0.1, 0.15) is 12.4 Å². The second kappa shape index (κ2) is 8.89. The van der Waals surface area contributed by atoms with E-state index in [4.69, 9.17) is 0 Å². The molecule has 3 aromatic rings. The number of aryl methyl sites for hydroxylation is 1. The summed E-state index contributed by atoms with van der Waals surface area (Å²) in [5, 5.41) is 2.95. The Bertz CT molecular complexity index is 1180. The van der Waals surface area contributed by atoms with Crippen LogP contribution in [-0.4, -0.2) is 20.9 Å². The Morgan fingerprint density at radius 3 is 2.42 bits per heavy atom. The van der Waals surface area contributed by atoms with Gasteiger partial charge in [0.25, 0.3) is 10.0 Å². The van der Waals surface area contributed by atoms with E-state index in [1.54, 1.807) is 24.3 Å². The van der Waals surface area contributed by atoms with Crippen molar-refractivity contribution in [2.24, 2.45) is 0 Å². The second-order valence-electron chi connectivity index (χ2n) is 7.49. The standard InChI is InChI=1S/C24H23FN2O3S/c25-21-14-6-7-16-23(21)27(31(29,30)19-11-2-1-3-12-19)17-24(28)26-22-15-8-10-18-9-4-5-13-20(18)22/h1-7,9,11-14,16,22H,8,10,15,17H2,(H,26,28)/t22-/m0/s1. The fourth-order valence-corrected chi connectivity index (χ4v) is 5.40.